The average Bonchev–Trinajstić information content (AvgIpc) is 3.63. The first kappa shape index (κ1) is 52.6. The Balaban J connectivity index is 0.741. The molecule has 400 valence electrons. The van der Waals surface area contributed by atoms with Gasteiger partial charge in [-0.05, 0) is 210 Å². The third-order valence-electron chi connectivity index (χ3n) is 14.7. The van der Waals surface area contributed by atoms with E-state index in [0.717, 1.165) is 108 Å². The van der Waals surface area contributed by atoms with Crippen LogP contribution in [0.15, 0.2) is 341 Å². The zero-order valence-electron chi connectivity index (χ0n) is 45.9. The summed E-state index contributed by atoms with van der Waals surface area (Å²) in [6.07, 6.45) is 3.69. The maximum Gasteiger partial charge on any atom is 0.126 e. The van der Waals surface area contributed by atoms with Crippen molar-refractivity contribution < 1.29 is 9.47 Å². The molecule has 12 aromatic rings. The summed E-state index contributed by atoms with van der Waals surface area (Å²) in [6, 6.07) is 111. The second-order valence-corrected chi connectivity index (χ2v) is 19.9. The average molecular weight is 1070 g/mol. The molecule has 0 spiro atoms. The number of rotatable bonds is 20. The van der Waals surface area contributed by atoms with E-state index >= 15 is 0 Å². The van der Waals surface area contributed by atoms with E-state index in [1.165, 1.54) is 23.7 Å². The summed E-state index contributed by atoms with van der Waals surface area (Å²) in [6.45, 7) is 7.39. The number of hydrogen-bond acceptors (Lipinski definition) is 6. The summed E-state index contributed by atoms with van der Waals surface area (Å²) < 4.78 is 11.0. The van der Waals surface area contributed by atoms with Crippen molar-refractivity contribution in [2.24, 2.45) is 0 Å². The van der Waals surface area contributed by atoms with Crippen molar-refractivity contribution in [1.29, 1.82) is 0 Å². The molecule has 0 N–H and O–H groups in total. The van der Waals surface area contributed by atoms with Gasteiger partial charge < -0.3 is 29.1 Å². The van der Waals surface area contributed by atoms with E-state index in [0.29, 0.717) is 0 Å². The van der Waals surface area contributed by atoms with Gasteiger partial charge in [-0.2, -0.15) is 0 Å². The van der Waals surface area contributed by atoms with E-state index in [2.05, 4.69) is 312 Å². The van der Waals surface area contributed by atoms with Crippen LogP contribution in [0.2, 0.25) is 0 Å². The van der Waals surface area contributed by atoms with Crippen LogP contribution in [-0.4, -0.2) is 0 Å². The highest BCUT2D eigenvalue weighted by atomic mass is 16.5. The fourth-order valence-corrected chi connectivity index (χ4v) is 10.6. The topological polar surface area (TPSA) is 31.4 Å². The smallest absolute Gasteiger partial charge is 0.126 e. The molecule has 0 aliphatic heterocycles. The molecule has 0 aromatic heterocycles. The van der Waals surface area contributed by atoms with E-state index in [1.807, 2.05) is 36.4 Å². The Morgan fingerprint density at radius 1 is 0.217 bits per heavy atom. The summed E-state index contributed by atoms with van der Waals surface area (Å²) >= 11 is 0. The van der Waals surface area contributed by atoms with Crippen molar-refractivity contribution >= 4 is 68.2 Å². The fraction of sp³-hybridized carbons (Fsp3) is 0.0130. The molecule has 0 aliphatic rings. The Bertz CT molecular complexity index is 3740. The van der Waals surface area contributed by atoms with Crippen LogP contribution in [0.1, 0.15) is 11.1 Å². The van der Waals surface area contributed by atoms with Crippen molar-refractivity contribution in [2.75, 3.05) is 19.6 Å². The predicted octanol–water partition coefficient (Wildman–Crippen LogP) is 21.5. The highest BCUT2D eigenvalue weighted by Gasteiger charge is 2.18. The van der Waals surface area contributed by atoms with Gasteiger partial charge in [-0.15, -0.1) is 0 Å². The first-order chi connectivity index (χ1) is 41.0. The molecule has 12 aromatic carbocycles. The molecule has 0 atom stereocenters. The summed E-state index contributed by atoms with van der Waals surface area (Å²) in [5, 5.41) is 0. The van der Waals surface area contributed by atoms with Gasteiger partial charge in [0, 0.05) is 68.2 Å². The van der Waals surface area contributed by atoms with Gasteiger partial charge in [-0.25, -0.2) is 0 Å². The fourth-order valence-electron chi connectivity index (χ4n) is 10.6. The number of hydrogen-bond donors (Lipinski definition) is 0. The quantitative estimate of drug-likeness (QED) is 0.0707. The van der Waals surface area contributed by atoms with Crippen molar-refractivity contribution in [1.82, 2.24) is 0 Å². The van der Waals surface area contributed by atoms with Gasteiger partial charge in [0.2, 0.25) is 0 Å². The van der Waals surface area contributed by atoms with E-state index in [9.17, 15) is 0 Å². The molecule has 0 fully saturated rings. The lowest BCUT2D eigenvalue weighted by Crippen LogP contribution is -2.10. The number of anilines is 12. The third kappa shape index (κ3) is 12.1. The van der Waals surface area contributed by atoms with Gasteiger partial charge in [0.15, 0.2) is 0 Å². The van der Waals surface area contributed by atoms with E-state index in [-0.39, 0.29) is 0 Å². The lowest BCUT2D eigenvalue weighted by atomic mass is 10.0. The lowest BCUT2D eigenvalue weighted by Gasteiger charge is -2.26. The first-order valence-corrected chi connectivity index (χ1v) is 27.8. The predicted molar refractivity (Wildman–Crippen MR) is 347 cm³/mol. The maximum atomic E-state index is 5.51. The zero-order valence-corrected chi connectivity index (χ0v) is 45.9. The van der Waals surface area contributed by atoms with E-state index in [4.69, 9.17) is 9.47 Å². The van der Waals surface area contributed by atoms with Gasteiger partial charge in [0.1, 0.15) is 11.5 Å². The molecule has 0 aliphatic carbocycles. The summed E-state index contributed by atoms with van der Waals surface area (Å²) in [5.74, 6) is 1.49. The monoisotopic (exact) mass is 1070 g/mol. The van der Waals surface area contributed by atoms with E-state index < -0.39 is 0 Å². The molecule has 0 radical (unpaired) electrons. The van der Waals surface area contributed by atoms with Crippen LogP contribution < -0.4 is 29.1 Å². The van der Waals surface area contributed by atoms with Crippen molar-refractivity contribution in [3.63, 3.8) is 0 Å². The second kappa shape index (κ2) is 24.9. The van der Waals surface area contributed by atoms with Gasteiger partial charge in [-0.1, -0.05) is 159 Å². The van der Waals surface area contributed by atoms with Gasteiger partial charge >= 0.3 is 0 Å². The minimum Gasteiger partial charge on any atom is -0.466 e. The van der Waals surface area contributed by atoms with Crippen LogP contribution in [0.4, 0.5) is 68.2 Å². The van der Waals surface area contributed by atoms with Crippen molar-refractivity contribution in [3.8, 4) is 33.8 Å². The molecule has 0 saturated carbocycles. The molecule has 83 heavy (non-hydrogen) atoms. The Labute approximate surface area is 487 Å². The largest absolute Gasteiger partial charge is 0.466 e. The molecular formula is C77H60N4O2. The highest BCUT2D eigenvalue weighted by Crippen LogP contribution is 2.41. The summed E-state index contributed by atoms with van der Waals surface area (Å²) in [7, 11) is 0. The highest BCUT2D eigenvalue weighted by molar-refractivity contribution is 5.83. The van der Waals surface area contributed by atoms with Crippen LogP contribution in [0.3, 0.4) is 0 Å². The van der Waals surface area contributed by atoms with Gasteiger partial charge in [-0.3, -0.25) is 0 Å². The lowest BCUT2D eigenvalue weighted by molar-refractivity contribution is 0.483. The Morgan fingerprint density at radius 3 is 0.602 bits per heavy atom. The zero-order chi connectivity index (χ0) is 56.2. The molecule has 0 heterocycles. The minimum atomic E-state index is 0.745. The number of para-hydroxylation sites is 4. The van der Waals surface area contributed by atoms with Crippen molar-refractivity contribution in [3.05, 3.63) is 352 Å². The minimum absolute atomic E-state index is 0.745. The molecule has 6 heteroatoms. The Kier molecular flexibility index (Phi) is 15.8. The Hall–Kier alpha value is -11.1. The number of ether oxygens (including phenoxy) is 2. The molecule has 0 saturated heterocycles. The second-order valence-electron chi connectivity index (χ2n) is 19.9. The Morgan fingerprint density at radius 2 is 0.398 bits per heavy atom. The summed E-state index contributed by atoms with van der Waals surface area (Å²) in [4.78, 5) is 9.13. The van der Waals surface area contributed by atoms with Crippen LogP contribution in [-0.2, 0) is 6.42 Å². The van der Waals surface area contributed by atoms with Crippen LogP contribution in [0.5, 0.6) is 11.5 Å². The van der Waals surface area contributed by atoms with Crippen molar-refractivity contribution in [2.45, 2.75) is 6.42 Å². The molecule has 0 amide bonds. The molecule has 0 unspecified atom stereocenters. The SMILES string of the molecule is C=COc1ccc(N(c2ccccc2)c2ccc(-c3ccc(N(c4ccccc4)c4ccc(Cc5ccc(N(c6ccccc6)c6ccc(-c7ccc(N(c8ccccc8)c8ccc(OC=C)cc8)cc7)cc6)cc5)cc4)cc3)cc2)cc1. The molecule has 12 rings (SSSR count). The molecule has 6 nitrogen and oxygen atoms in total. The van der Waals surface area contributed by atoms with Crippen LogP contribution in [0, 0.1) is 0 Å². The van der Waals surface area contributed by atoms with Crippen LogP contribution >= 0.6 is 0 Å². The number of benzene rings is 12. The maximum absolute atomic E-state index is 5.51. The van der Waals surface area contributed by atoms with Gasteiger partial charge in [0.05, 0.1) is 12.5 Å². The molecule has 0 bridgehead atoms. The number of nitrogens with zero attached hydrogens (tertiary/aromatic N) is 4. The standard InChI is InChI=1S/C77H60N4O2/c1-3-82-76-53-49-74(50-54-76)80(66-21-13-7-14-22-66)72-45-33-62(34-46-72)60-29-41-70(42-30-60)78(64-17-9-5-10-18-64)68-37-25-58(26-38-68)57-59-27-39-69(40-28-59)79(65-19-11-6-12-20-65)71-43-31-61(32-44-71)63-35-47-73(48-36-63)81(67-23-15-8-16-24-67)75-51-55-77(56-52-75)83-4-2/h3-56H,1-2,57H2. The van der Waals surface area contributed by atoms with Gasteiger partial charge in [0.25, 0.3) is 0 Å². The summed E-state index contributed by atoms with van der Waals surface area (Å²) in [5.41, 5.74) is 19.9. The van der Waals surface area contributed by atoms with E-state index in [1.54, 1.807) is 0 Å². The van der Waals surface area contributed by atoms with Crippen LogP contribution in [0.25, 0.3) is 22.3 Å². The normalized spacial score (nSPS) is 10.8. The molecular weight excluding hydrogens is 1010 g/mol. The third-order valence-corrected chi connectivity index (χ3v) is 14.7. The first-order valence-electron chi connectivity index (χ1n) is 27.8.